The summed E-state index contributed by atoms with van der Waals surface area (Å²) in [6, 6.07) is 4.22. The van der Waals surface area contributed by atoms with Crippen LogP contribution in [0.3, 0.4) is 0 Å². The Bertz CT molecular complexity index is 686. The van der Waals surface area contributed by atoms with Gasteiger partial charge in [0.1, 0.15) is 5.82 Å². The first-order chi connectivity index (χ1) is 13.3. The van der Waals surface area contributed by atoms with Crippen LogP contribution in [-0.4, -0.2) is 6.36 Å². The van der Waals surface area contributed by atoms with Crippen LogP contribution in [-0.2, 0) is 11.2 Å². The number of hydrogen-bond acceptors (Lipinski definition) is 1. The molecule has 0 bridgehead atoms. The molecule has 0 N–H and O–H groups in total. The minimum Gasteiger partial charge on any atom is -0.283 e. The largest absolute Gasteiger partial charge is 0.523 e. The van der Waals surface area contributed by atoms with E-state index in [9.17, 15) is 17.6 Å². The maximum Gasteiger partial charge on any atom is 0.523 e. The summed E-state index contributed by atoms with van der Waals surface area (Å²) in [6.07, 6.45) is 3.71. The van der Waals surface area contributed by atoms with Gasteiger partial charge in [-0.25, -0.2) is 4.39 Å². The molecule has 0 aliphatic heterocycles. The summed E-state index contributed by atoms with van der Waals surface area (Å²) in [5.41, 5.74) is 1.20. The van der Waals surface area contributed by atoms with Crippen LogP contribution in [0.1, 0.15) is 75.5 Å². The van der Waals surface area contributed by atoms with Crippen molar-refractivity contribution < 1.29 is 22.3 Å². The second kappa shape index (κ2) is 7.97. The molecule has 0 aromatic heterocycles. The quantitative estimate of drug-likeness (QED) is 0.489. The Morgan fingerprint density at radius 3 is 2.43 bits per heavy atom. The Kier molecular flexibility index (Phi) is 5.74. The van der Waals surface area contributed by atoms with Gasteiger partial charge in [0.2, 0.25) is 0 Å². The third-order valence-electron chi connectivity index (χ3n) is 7.76. The zero-order chi connectivity index (χ0) is 19.9. The molecular formula is C23H30F4O. The third-order valence-corrected chi connectivity index (χ3v) is 7.76. The molecule has 1 aromatic rings. The first-order valence-electron chi connectivity index (χ1n) is 10.9. The lowest BCUT2D eigenvalue weighted by atomic mass is 9.60. The number of benzene rings is 1. The molecule has 6 unspecified atom stereocenters. The van der Waals surface area contributed by atoms with Gasteiger partial charge in [-0.1, -0.05) is 25.8 Å². The molecule has 0 heterocycles. The van der Waals surface area contributed by atoms with Gasteiger partial charge in [-0.05, 0) is 97.8 Å². The van der Waals surface area contributed by atoms with Crippen LogP contribution in [0, 0.1) is 35.4 Å². The highest BCUT2D eigenvalue weighted by Crippen LogP contribution is 2.52. The second-order valence-corrected chi connectivity index (χ2v) is 9.21. The fraction of sp³-hybridized carbons (Fsp3) is 0.739. The van der Waals surface area contributed by atoms with E-state index < -0.39 is 18.3 Å². The Labute approximate surface area is 164 Å². The SMILES string of the molecule is CCC1CCC2CC(C3CCc4ccc(F)cc4C3OC(F)(F)F)CCC2C1. The molecule has 1 aromatic carbocycles. The maximum absolute atomic E-state index is 13.8. The Balaban J connectivity index is 1.54. The van der Waals surface area contributed by atoms with Crippen LogP contribution >= 0.6 is 0 Å². The molecular weight excluding hydrogens is 368 g/mol. The summed E-state index contributed by atoms with van der Waals surface area (Å²) in [4.78, 5) is 0. The topological polar surface area (TPSA) is 9.23 Å². The summed E-state index contributed by atoms with van der Waals surface area (Å²) in [5, 5.41) is 0. The zero-order valence-corrected chi connectivity index (χ0v) is 16.5. The number of rotatable bonds is 3. The van der Waals surface area contributed by atoms with Crippen molar-refractivity contribution in [2.24, 2.45) is 29.6 Å². The van der Waals surface area contributed by atoms with Gasteiger partial charge in [0, 0.05) is 0 Å². The number of fused-ring (bicyclic) bond motifs is 2. The zero-order valence-electron chi connectivity index (χ0n) is 16.5. The summed E-state index contributed by atoms with van der Waals surface area (Å²) < 4.78 is 58.1. The number of alkyl halides is 3. The number of ether oxygens (including phenoxy) is 1. The highest BCUT2D eigenvalue weighted by molar-refractivity contribution is 5.33. The normalized spacial score (nSPS) is 35.9. The van der Waals surface area contributed by atoms with Crippen molar-refractivity contribution in [3.8, 4) is 0 Å². The van der Waals surface area contributed by atoms with Gasteiger partial charge >= 0.3 is 6.36 Å². The molecule has 3 aliphatic rings. The smallest absolute Gasteiger partial charge is 0.283 e. The molecule has 1 nitrogen and oxygen atoms in total. The molecule has 0 spiro atoms. The van der Waals surface area contributed by atoms with E-state index in [4.69, 9.17) is 0 Å². The van der Waals surface area contributed by atoms with Crippen molar-refractivity contribution >= 4 is 0 Å². The first kappa shape index (κ1) is 20.2. The average Bonchev–Trinajstić information content (AvgIpc) is 2.66. The van der Waals surface area contributed by atoms with E-state index in [1.54, 1.807) is 6.07 Å². The predicted molar refractivity (Wildman–Crippen MR) is 100 cm³/mol. The number of hydrogen-bond donors (Lipinski definition) is 0. The van der Waals surface area contributed by atoms with Crippen LogP contribution in [0.4, 0.5) is 17.6 Å². The Morgan fingerprint density at radius 1 is 0.964 bits per heavy atom. The molecule has 28 heavy (non-hydrogen) atoms. The van der Waals surface area contributed by atoms with Gasteiger partial charge in [0.05, 0.1) is 6.10 Å². The Hall–Kier alpha value is -1.10. The lowest BCUT2D eigenvalue weighted by molar-refractivity contribution is -0.354. The van der Waals surface area contributed by atoms with Crippen molar-refractivity contribution in [1.29, 1.82) is 0 Å². The molecule has 4 rings (SSSR count). The summed E-state index contributed by atoms with van der Waals surface area (Å²) in [6.45, 7) is 2.26. The van der Waals surface area contributed by atoms with Crippen molar-refractivity contribution in [2.75, 3.05) is 0 Å². The molecule has 2 saturated carbocycles. The van der Waals surface area contributed by atoms with Gasteiger partial charge in [0.15, 0.2) is 0 Å². The monoisotopic (exact) mass is 398 g/mol. The van der Waals surface area contributed by atoms with Gasteiger partial charge in [0.25, 0.3) is 0 Å². The van der Waals surface area contributed by atoms with Gasteiger partial charge in [-0.3, -0.25) is 4.74 Å². The van der Waals surface area contributed by atoms with E-state index in [2.05, 4.69) is 11.7 Å². The van der Waals surface area contributed by atoms with E-state index in [1.165, 1.54) is 37.8 Å². The number of halogens is 4. The molecule has 6 atom stereocenters. The molecule has 0 amide bonds. The van der Waals surface area contributed by atoms with E-state index in [0.29, 0.717) is 24.3 Å². The molecule has 5 heteroatoms. The van der Waals surface area contributed by atoms with E-state index in [-0.39, 0.29) is 11.8 Å². The summed E-state index contributed by atoms with van der Waals surface area (Å²) >= 11 is 0. The minimum absolute atomic E-state index is 0.180. The molecule has 0 radical (unpaired) electrons. The van der Waals surface area contributed by atoms with E-state index >= 15 is 0 Å². The van der Waals surface area contributed by atoms with E-state index in [1.807, 2.05) is 0 Å². The molecule has 3 aliphatic carbocycles. The molecule has 156 valence electrons. The van der Waals surface area contributed by atoms with Crippen molar-refractivity contribution in [3.05, 3.63) is 35.1 Å². The first-order valence-corrected chi connectivity index (χ1v) is 10.9. The molecule has 0 saturated heterocycles. The second-order valence-electron chi connectivity index (χ2n) is 9.21. The predicted octanol–water partition coefficient (Wildman–Crippen LogP) is 7.21. The lowest BCUT2D eigenvalue weighted by Crippen LogP contribution is -2.38. The van der Waals surface area contributed by atoms with Gasteiger partial charge < -0.3 is 0 Å². The van der Waals surface area contributed by atoms with Crippen LogP contribution in [0.2, 0.25) is 0 Å². The van der Waals surface area contributed by atoms with Crippen LogP contribution in [0.5, 0.6) is 0 Å². The third kappa shape index (κ3) is 4.24. The summed E-state index contributed by atoms with van der Waals surface area (Å²) in [7, 11) is 0. The number of aryl methyl sites for hydroxylation is 1. The van der Waals surface area contributed by atoms with Crippen molar-refractivity contribution in [1.82, 2.24) is 0 Å². The minimum atomic E-state index is -4.71. The highest BCUT2D eigenvalue weighted by Gasteiger charge is 2.45. The Morgan fingerprint density at radius 2 is 1.68 bits per heavy atom. The average molecular weight is 398 g/mol. The lowest BCUT2D eigenvalue weighted by Gasteiger charge is -2.46. The standard InChI is InChI=1S/C23H30F4O/c1-2-14-3-4-17-12-18(6-5-16(17)11-14)20-10-8-15-7-9-19(24)13-21(15)22(20)28-23(25,26)27/h7,9,13-14,16-18,20,22H,2-6,8,10-12H2,1H3. The van der Waals surface area contributed by atoms with Crippen LogP contribution < -0.4 is 0 Å². The van der Waals surface area contributed by atoms with Crippen LogP contribution in [0.25, 0.3) is 0 Å². The highest BCUT2D eigenvalue weighted by atomic mass is 19.4. The van der Waals surface area contributed by atoms with Crippen molar-refractivity contribution in [2.45, 2.75) is 77.2 Å². The van der Waals surface area contributed by atoms with Gasteiger partial charge in [-0.15, -0.1) is 13.2 Å². The maximum atomic E-state index is 13.8. The summed E-state index contributed by atoms with van der Waals surface area (Å²) in [5.74, 6) is 1.77. The fourth-order valence-electron chi connectivity index (χ4n) is 6.32. The van der Waals surface area contributed by atoms with Crippen LogP contribution in [0.15, 0.2) is 18.2 Å². The van der Waals surface area contributed by atoms with Crippen molar-refractivity contribution in [3.63, 3.8) is 0 Å². The van der Waals surface area contributed by atoms with Gasteiger partial charge in [-0.2, -0.15) is 0 Å². The fourth-order valence-corrected chi connectivity index (χ4v) is 6.32. The van der Waals surface area contributed by atoms with E-state index in [0.717, 1.165) is 36.7 Å². The molecule has 2 fully saturated rings.